The van der Waals surface area contributed by atoms with Crippen LogP contribution in [0.15, 0.2) is 0 Å². The zero-order valence-electron chi connectivity index (χ0n) is 12.3. The van der Waals surface area contributed by atoms with Gasteiger partial charge in [0.05, 0.1) is 6.04 Å². The highest BCUT2D eigenvalue weighted by molar-refractivity contribution is 5.70. The Kier molecular flexibility index (Phi) is 2.97. The van der Waals surface area contributed by atoms with Gasteiger partial charge in [0, 0.05) is 31.0 Å². The van der Waals surface area contributed by atoms with Crippen LogP contribution in [0.5, 0.6) is 0 Å². The molecule has 1 aromatic rings. The number of hydrogen-bond acceptors (Lipinski definition) is 5. The lowest BCUT2D eigenvalue weighted by Crippen LogP contribution is -2.52. The molecule has 0 unspecified atom stereocenters. The lowest BCUT2D eigenvalue weighted by Gasteiger charge is -2.35. The van der Waals surface area contributed by atoms with Crippen molar-refractivity contribution in [1.29, 1.82) is 0 Å². The lowest BCUT2D eigenvalue weighted by molar-refractivity contribution is 0.157. The molecule has 0 spiro atoms. The summed E-state index contributed by atoms with van der Waals surface area (Å²) in [4.78, 5) is 25.1. The van der Waals surface area contributed by atoms with Crippen molar-refractivity contribution in [3.05, 3.63) is 17.0 Å². The summed E-state index contributed by atoms with van der Waals surface area (Å²) in [6.07, 6.45) is 4.47. The molecule has 1 aliphatic carbocycles. The average molecular weight is 288 g/mol. The van der Waals surface area contributed by atoms with E-state index in [2.05, 4.69) is 11.8 Å². The molecule has 6 nitrogen and oxygen atoms in total. The predicted molar refractivity (Wildman–Crippen MR) is 77.5 cm³/mol. The molecule has 2 fully saturated rings. The molecule has 0 saturated carbocycles. The highest BCUT2D eigenvalue weighted by Gasteiger charge is 2.38. The molecule has 112 valence electrons. The molecular weight excluding hydrogens is 268 g/mol. The van der Waals surface area contributed by atoms with Crippen molar-refractivity contribution >= 4 is 12.0 Å². The van der Waals surface area contributed by atoms with Gasteiger partial charge in [0.1, 0.15) is 6.61 Å². The number of hydrogen-bond donors (Lipinski definition) is 0. The largest absolute Gasteiger partial charge is 0.447 e. The molecule has 3 aliphatic rings. The third-order valence-corrected chi connectivity index (χ3v) is 4.78. The maximum atomic E-state index is 11.6. The van der Waals surface area contributed by atoms with Crippen LogP contribution in [0.3, 0.4) is 0 Å². The minimum Gasteiger partial charge on any atom is -0.447 e. The number of fused-ring (bicyclic) bond motifs is 2. The van der Waals surface area contributed by atoms with Crippen LogP contribution in [-0.4, -0.2) is 53.2 Å². The SMILES string of the molecule is Cc1nc(N2CCN3C(=O)OC[C@H]3C2)nc2c1CCCC2. The number of aryl methyl sites for hydroxylation is 2. The van der Waals surface area contributed by atoms with E-state index in [4.69, 9.17) is 14.7 Å². The van der Waals surface area contributed by atoms with Gasteiger partial charge in [0.2, 0.25) is 5.95 Å². The van der Waals surface area contributed by atoms with Crippen molar-refractivity contribution in [1.82, 2.24) is 14.9 Å². The minimum atomic E-state index is -0.179. The van der Waals surface area contributed by atoms with E-state index >= 15 is 0 Å². The highest BCUT2D eigenvalue weighted by atomic mass is 16.6. The van der Waals surface area contributed by atoms with E-state index in [9.17, 15) is 4.79 Å². The monoisotopic (exact) mass is 288 g/mol. The first-order valence-corrected chi connectivity index (χ1v) is 7.77. The summed E-state index contributed by atoms with van der Waals surface area (Å²) in [6, 6.07) is 0.145. The van der Waals surface area contributed by atoms with Gasteiger partial charge in [-0.1, -0.05) is 0 Å². The molecule has 1 aromatic heterocycles. The molecule has 2 aliphatic heterocycles. The number of cyclic esters (lactones) is 1. The quantitative estimate of drug-likeness (QED) is 0.779. The molecule has 21 heavy (non-hydrogen) atoms. The predicted octanol–water partition coefficient (Wildman–Crippen LogP) is 1.30. The van der Waals surface area contributed by atoms with Gasteiger partial charge >= 0.3 is 6.09 Å². The van der Waals surface area contributed by atoms with Crippen molar-refractivity contribution in [2.75, 3.05) is 31.1 Å². The Balaban J connectivity index is 1.59. The molecule has 1 atom stereocenters. The van der Waals surface area contributed by atoms with Crippen LogP contribution >= 0.6 is 0 Å². The van der Waals surface area contributed by atoms with E-state index in [1.165, 1.54) is 24.1 Å². The molecule has 1 amide bonds. The molecule has 0 aromatic carbocycles. The molecular formula is C15H20N4O2. The third kappa shape index (κ3) is 2.13. The number of rotatable bonds is 1. The van der Waals surface area contributed by atoms with Crippen LogP contribution in [0, 0.1) is 6.92 Å². The van der Waals surface area contributed by atoms with Crippen molar-refractivity contribution in [3.63, 3.8) is 0 Å². The minimum absolute atomic E-state index is 0.145. The zero-order valence-corrected chi connectivity index (χ0v) is 12.3. The van der Waals surface area contributed by atoms with Crippen molar-refractivity contribution < 1.29 is 9.53 Å². The molecule has 2 saturated heterocycles. The van der Waals surface area contributed by atoms with Crippen molar-refractivity contribution in [3.8, 4) is 0 Å². The van der Waals surface area contributed by atoms with Crippen molar-refractivity contribution in [2.45, 2.75) is 38.6 Å². The normalized spacial score (nSPS) is 24.6. The van der Waals surface area contributed by atoms with E-state index in [1.54, 1.807) is 0 Å². The number of piperazine rings is 1. The van der Waals surface area contributed by atoms with E-state index < -0.39 is 0 Å². The summed E-state index contributed by atoms with van der Waals surface area (Å²) in [7, 11) is 0. The number of nitrogens with zero attached hydrogens (tertiary/aromatic N) is 4. The Labute approximate surface area is 124 Å². The van der Waals surface area contributed by atoms with Crippen molar-refractivity contribution in [2.24, 2.45) is 0 Å². The molecule has 0 N–H and O–H groups in total. The number of amides is 1. The fourth-order valence-electron chi connectivity index (χ4n) is 3.58. The summed E-state index contributed by atoms with van der Waals surface area (Å²) in [5, 5.41) is 0. The van der Waals surface area contributed by atoms with Crippen LogP contribution in [0.25, 0.3) is 0 Å². The summed E-state index contributed by atoms with van der Waals surface area (Å²) < 4.78 is 5.12. The first-order chi connectivity index (χ1) is 10.2. The van der Waals surface area contributed by atoms with Gasteiger partial charge in [0.25, 0.3) is 0 Å². The molecule has 4 rings (SSSR count). The maximum Gasteiger partial charge on any atom is 0.410 e. The van der Waals surface area contributed by atoms with Gasteiger partial charge in [-0.2, -0.15) is 0 Å². The van der Waals surface area contributed by atoms with Gasteiger partial charge in [-0.25, -0.2) is 14.8 Å². The fraction of sp³-hybridized carbons (Fsp3) is 0.667. The number of carbonyl (C=O) groups excluding carboxylic acids is 1. The topological polar surface area (TPSA) is 58.6 Å². The Morgan fingerprint density at radius 1 is 1.19 bits per heavy atom. The number of carbonyl (C=O) groups is 1. The van der Waals surface area contributed by atoms with Gasteiger partial charge in [-0.3, -0.25) is 4.90 Å². The Hall–Kier alpha value is -1.85. The number of aromatic nitrogens is 2. The summed E-state index contributed by atoms with van der Waals surface area (Å²) in [5.41, 5.74) is 3.70. The molecule has 0 bridgehead atoms. The van der Waals surface area contributed by atoms with Gasteiger partial charge in [0.15, 0.2) is 0 Å². The molecule has 0 radical (unpaired) electrons. The second-order valence-electron chi connectivity index (χ2n) is 6.11. The smallest absolute Gasteiger partial charge is 0.410 e. The van der Waals surface area contributed by atoms with Crippen LogP contribution in [0.1, 0.15) is 29.8 Å². The van der Waals surface area contributed by atoms with E-state index in [-0.39, 0.29) is 12.1 Å². The van der Waals surface area contributed by atoms with Gasteiger partial charge in [-0.05, 0) is 38.2 Å². The number of ether oxygens (including phenoxy) is 1. The van der Waals surface area contributed by atoms with Gasteiger partial charge < -0.3 is 9.64 Å². The lowest BCUT2D eigenvalue weighted by atomic mass is 9.95. The van der Waals surface area contributed by atoms with Gasteiger partial charge in [-0.15, -0.1) is 0 Å². The van der Waals surface area contributed by atoms with E-state index in [0.717, 1.165) is 37.6 Å². The summed E-state index contributed by atoms with van der Waals surface area (Å²) in [6.45, 7) is 4.82. The highest BCUT2D eigenvalue weighted by Crippen LogP contribution is 2.26. The Bertz CT molecular complexity index is 589. The summed E-state index contributed by atoms with van der Waals surface area (Å²) >= 11 is 0. The Morgan fingerprint density at radius 3 is 2.95 bits per heavy atom. The standard InChI is InChI=1S/C15H20N4O2/c1-10-12-4-2-3-5-13(12)17-14(16-10)18-6-7-19-11(8-18)9-21-15(19)20/h11H,2-9H2,1H3/t11-/m1/s1. The second-order valence-corrected chi connectivity index (χ2v) is 6.11. The van der Waals surface area contributed by atoms with Crippen LogP contribution < -0.4 is 4.90 Å². The molecule has 3 heterocycles. The molecule has 6 heteroatoms. The van der Waals surface area contributed by atoms with Crippen LogP contribution in [0.2, 0.25) is 0 Å². The zero-order chi connectivity index (χ0) is 14.4. The van der Waals surface area contributed by atoms with E-state index in [0.29, 0.717) is 13.2 Å². The first kappa shape index (κ1) is 12.9. The third-order valence-electron chi connectivity index (χ3n) is 4.78. The first-order valence-electron chi connectivity index (χ1n) is 7.77. The Morgan fingerprint density at radius 2 is 2.05 bits per heavy atom. The summed E-state index contributed by atoms with van der Waals surface area (Å²) in [5.74, 6) is 0.826. The fourth-order valence-corrected chi connectivity index (χ4v) is 3.58. The van der Waals surface area contributed by atoms with Crippen LogP contribution in [0.4, 0.5) is 10.7 Å². The van der Waals surface area contributed by atoms with E-state index in [1.807, 2.05) is 4.90 Å². The van der Waals surface area contributed by atoms with Crippen LogP contribution in [-0.2, 0) is 17.6 Å². The average Bonchev–Trinajstić information content (AvgIpc) is 2.88. The maximum absolute atomic E-state index is 11.6. The number of anilines is 1. The second kappa shape index (κ2) is 4.86.